The van der Waals surface area contributed by atoms with Crippen molar-refractivity contribution in [2.75, 3.05) is 20.3 Å². The van der Waals surface area contributed by atoms with Gasteiger partial charge in [-0.1, -0.05) is 6.08 Å². The topological polar surface area (TPSA) is 74.4 Å². The number of ether oxygens (including phenoxy) is 4. The number of epoxide rings is 1. The second-order valence-electron chi connectivity index (χ2n) is 5.74. The van der Waals surface area contributed by atoms with Crippen molar-refractivity contribution in [3.63, 3.8) is 0 Å². The standard InChI is InChI=1S/C18H22O6/c1-6-11(2)17(20)24-16-7-12(3)15(21-5)8-14(16)18(10-23-18)9-22-13(4)19/h6-8H,9-10H2,1-5H3/b11-6+/t18-/m1/s1. The summed E-state index contributed by atoms with van der Waals surface area (Å²) >= 11 is 0. The normalized spacial score (nSPS) is 19.6. The third kappa shape index (κ3) is 3.76. The average Bonchev–Trinajstić information content (AvgIpc) is 3.33. The van der Waals surface area contributed by atoms with E-state index < -0.39 is 17.5 Å². The van der Waals surface area contributed by atoms with Gasteiger partial charge in [0, 0.05) is 18.1 Å². The van der Waals surface area contributed by atoms with E-state index in [0.29, 0.717) is 29.2 Å². The molecule has 1 aliphatic heterocycles. The lowest BCUT2D eigenvalue weighted by atomic mass is 9.97. The third-order valence-electron chi connectivity index (χ3n) is 3.95. The number of allylic oxidation sites excluding steroid dienone is 1. The highest BCUT2D eigenvalue weighted by Gasteiger charge is 2.50. The second kappa shape index (κ2) is 7.05. The van der Waals surface area contributed by atoms with Crippen molar-refractivity contribution < 1.29 is 28.5 Å². The van der Waals surface area contributed by atoms with Crippen LogP contribution in [0.5, 0.6) is 11.5 Å². The molecule has 1 atom stereocenters. The van der Waals surface area contributed by atoms with Gasteiger partial charge in [0.05, 0.1) is 13.7 Å². The molecular weight excluding hydrogens is 312 g/mol. The van der Waals surface area contributed by atoms with Crippen molar-refractivity contribution in [2.45, 2.75) is 33.3 Å². The summed E-state index contributed by atoms with van der Waals surface area (Å²) in [6.07, 6.45) is 1.68. The number of esters is 2. The molecule has 0 bridgehead atoms. The molecule has 1 aromatic rings. The van der Waals surface area contributed by atoms with Crippen LogP contribution in [0.4, 0.5) is 0 Å². The predicted molar refractivity (Wildman–Crippen MR) is 87.1 cm³/mol. The van der Waals surface area contributed by atoms with E-state index in [-0.39, 0.29) is 6.61 Å². The fourth-order valence-corrected chi connectivity index (χ4v) is 2.24. The largest absolute Gasteiger partial charge is 0.496 e. The highest BCUT2D eigenvalue weighted by Crippen LogP contribution is 2.46. The Hall–Kier alpha value is -2.34. The number of aryl methyl sites for hydroxylation is 1. The van der Waals surface area contributed by atoms with E-state index >= 15 is 0 Å². The quantitative estimate of drug-likeness (QED) is 0.345. The van der Waals surface area contributed by atoms with Crippen molar-refractivity contribution in [2.24, 2.45) is 0 Å². The summed E-state index contributed by atoms with van der Waals surface area (Å²) in [5.74, 6) is 0.188. The fourth-order valence-electron chi connectivity index (χ4n) is 2.24. The number of hydrogen-bond acceptors (Lipinski definition) is 6. The first kappa shape index (κ1) is 18.0. The molecule has 2 rings (SSSR count). The number of carbonyl (C=O) groups is 2. The Morgan fingerprint density at radius 3 is 2.46 bits per heavy atom. The van der Waals surface area contributed by atoms with Gasteiger partial charge in [-0.15, -0.1) is 0 Å². The molecule has 0 unspecified atom stereocenters. The lowest BCUT2D eigenvalue weighted by molar-refractivity contribution is -0.143. The SMILES string of the molecule is C/C=C(\C)C(=O)Oc1cc(C)c(OC)cc1[C@@]1(COC(C)=O)CO1. The van der Waals surface area contributed by atoms with Crippen molar-refractivity contribution in [1.82, 2.24) is 0 Å². The van der Waals surface area contributed by atoms with Gasteiger partial charge in [-0.2, -0.15) is 0 Å². The molecule has 6 heteroatoms. The molecular formula is C18H22O6. The van der Waals surface area contributed by atoms with Gasteiger partial charge >= 0.3 is 11.9 Å². The number of hydrogen-bond donors (Lipinski definition) is 0. The average molecular weight is 334 g/mol. The Morgan fingerprint density at radius 2 is 1.96 bits per heavy atom. The van der Waals surface area contributed by atoms with E-state index in [0.717, 1.165) is 5.56 Å². The molecule has 0 aliphatic carbocycles. The van der Waals surface area contributed by atoms with Crippen LogP contribution in [0.1, 0.15) is 31.9 Å². The first-order chi connectivity index (χ1) is 11.3. The second-order valence-corrected chi connectivity index (χ2v) is 5.74. The molecule has 1 aromatic carbocycles. The summed E-state index contributed by atoms with van der Waals surface area (Å²) in [7, 11) is 1.56. The van der Waals surface area contributed by atoms with E-state index in [1.165, 1.54) is 6.92 Å². The van der Waals surface area contributed by atoms with Gasteiger partial charge in [0.15, 0.2) is 5.60 Å². The first-order valence-electron chi connectivity index (χ1n) is 7.64. The van der Waals surface area contributed by atoms with Crippen LogP contribution in [0, 0.1) is 6.92 Å². The van der Waals surface area contributed by atoms with Crippen LogP contribution < -0.4 is 9.47 Å². The van der Waals surface area contributed by atoms with Crippen LogP contribution in [0.3, 0.4) is 0 Å². The molecule has 24 heavy (non-hydrogen) atoms. The van der Waals surface area contributed by atoms with Crippen LogP contribution in [0.2, 0.25) is 0 Å². The zero-order valence-corrected chi connectivity index (χ0v) is 14.6. The number of rotatable bonds is 6. The van der Waals surface area contributed by atoms with E-state index in [1.807, 2.05) is 6.92 Å². The van der Waals surface area contributed by atoms with Crippen LogP contribution >= 0.6 is 0 Å². The van der Waals surface area contributed by atoms with E-state index in [2.05, 4.69) is 0 Å². The van der Waals surface area contributed by atoms with Gasteiger partial charge in [-0.3, -0.25) is 4.79 Å². The Labute approximate surface area is 141 Å². The summed E-state index contributed by atoms with van der Waals surface area (Å²) in [6.45, 7) is 7.07. The van der Waals surface area contributed by atoms with Gasteiger partial charge in [0.25, 0.3) is 0 Å². The lowest BCUT2D eigenvalue weighted by Gasteiger charge is -2.19. The summed E-state index contributed by atoms with van der Waals surface area (Å²) in [5, 5.41) is 0. The zero-order chi connectivity index (χ0) is 17.9. The Balaban J connectivity index is 2.40. The minimum atomic E-state index is -0.800. The number of methoxy groups -OCH3 is 1. The van der Waals surface area contributed by atoms with E-state index in [4.69, 9.17) is 18.9 Å². The lowest BCUT2D eigenvalue weighted by Crippen LogP contribution is -2.21. The summed E-state index contributed by atoms with van der Waals surface area (Å²) in [6, 6.07) is 3.49. The first-order valence-corrected chi connectivity index (χ1v) is 7.64. The maximum atomic E-state index is 12.1. The maximum Gasteiger partial charge on any atom is 0.338 e. The molecule has 1 heterocycles. The molecule has 0 N–H and O–H groups in total. The van der Waals surface area contributed by atoms with Crippen molar-refractivity contribution >= 4 is 11.9 Å². The summed E-state index contributed by atoms with van der Waals surface area (Å²) in [4.78, 5) is 23.2. The third-order valence-corrected chi connectivity index (χ3v) is 3.95. The van der Waals surface area contributed by atoms with E-state index in [1.54, 1.807) is 39.2 Å². The van der Waals surface area contributed by atoms with E-state index in [9.17, 15) is 9.59 Å². The van der Waals surface area contributed by atoms with Gasteiger partial charge in [-0.05, 0) is 38.5 Å². The maximum absolute atomic E-state index is 12.1. The predicted octanol–water partition coefficient (Wildman–Crippen LogP) is 2.66. The molecule has 0 radical (unpaired) electrons. The van der Waals surface area contributed by atoms with Gasteiger partial charge < -0.3 is 18.9 Å². The molecule has 6 nitrogen and oxygen atoms in total. The van der Waals surface area contributed by atoms with Crippen molar-refractivity contribution in [1.29, 1.82) is 0 Å². The summed E-state index contributed by atoms with van der Waals surface area (Å²) in [5.41, 5.74) is 1.15. The Bertz CT molecular complexity index is 685. The number of benzene rings is 1. The Kier molecular flexibility index (Phi) is 5.29. The van der Waals surface area contributed by atoms with Gasteiger partial charge in [-0.25, -0.2) is 4.79 Å². The Morgan fingerprint density at radius 1 is 1.29 bits per heavy atom. The molecule has 0 spiro atoms. The molecule has 1 fully saturated rings. The van der Waals surface area contributed by atoms with Crippen LogP contribution in [-0.2, 0) is 24.7 Å². The highest BCUT2D eigenvalue weighted by molar-refractivity contribution is 5.89. The minimum Gasteiger partial charge on any atom is -0.496 e. The minimum absolute atomic E-state index is 0.0572. The van der Waals surface area contributed by atoms with Crippen molar-refractivity contribution in [3.8, 4) is 11.5 Å². The van der Waals surface area contributed by atoms with Gasteiger partial charge in [0.1, 0.15) is 18.1 Å². The highest BCUT2D eigenvalue weighted by atomic mass is 16.6. The molecule has 0 amide bonds. The molecule has 0 aromatic heterocycles. The number of carbonyl (C=O) groups excluding carboxylic acids is 2. The summed E-state index contributed by atoms with van der Waals surface area (Å²) < 4.78 is 21.5. The molecule has 130 valence electrons. The molecule has 0 saturated carbocycles. The van der Waals surface area contributed by atoms with Crippen LogP contribution in [-0.4, -0.2) is 32.3 Å². The van der Waals surface area contributed by atoms with Crippen molar-refractivity contribution in [3.05, 3.63) is 34.9 Å². The molecule has 1 saturated heterocycles. The fraction of sp³-hybridized carbons (Fsp3) is 0.444. The molecule has 1 aliphatic rings. The van der Waals surface area contributed by atoms with Crippen LogP contribution in [0.25, 0.3) is 0 Å². The zero-order valence-electron chi connectivity index (χ0n) is 14.6. The van der Waals surface area contributed by atoms with Crippen LogP contribution in [0.15, 0.2) is 23.8 Å². The monoisotopic (exact) mass is 334 g/mol. The smallest absolute Gasteiger partial charge is 0.338 e. The van der Waals surface area contributed by atoms with Gasteiger partial charge in [0.2, 0.25) is 0 Å².